The van der Waals surface area contributed by atoms with E-state index in [1.807, 2.05) is 0 Å². The van der Waals surface area contributed by atoms with Crippen molar-refractivity contribution in [3.63, 3.8) is 0 Å². The highest BCUT2D eigenvalue weighted by atomic mass is 32.2. The summed E-state index contributed by atoms with van der Waals surface area (Å²) in [5, 5.41) is 37.2. The van der Waals surface area contributed by atoms with Crippen molar-refractivity contribution in [1.82, 2.24) is 0 Å². The zero-order valence-corrected chi connectivity index (χ0v) is 18.2. The summed E-state index contributed by atoms with van der Waals surface area (Å²) in [7, 11) is -8.63. The molecule has 2 unspecified atom stereocenters. The van der Waals surface area contributed by atoms with Gasteiger partial charge in [-0.3, -0.25) is 4.18 Å². The van der Waals surface area contributed by atoms with Crippen LogP contribution in [0.4, 0.5) is 11.4 Å². The molecule has 0 radical (unpaired) electrons. The molecule has 4 N–H and O–H groups in total. The van der Waals surface area contributed by atoms with Crippen LogP contribution in [0.2, 0.25) is 0 Å². The predicted molar refractivity (Wildman–Crippen MR) is 111 cm³/mol. The van der Waals surface area contributed by atoms with E-state index in [-0.39, 0.29) is 32.5 Å². The summed E-state index contributed by atoms with van der Waals surface area (Å²) in [6, 6.07) is 14.4. The Hall–Kier alpha value is -2.92. The van der Waals surface area contributed by atoms with Crippen molar-refractivity contribution in [1.29, 1.82) is 0 Å². The Morgan fingerprint density at radius 1 is 0.697 bits per heavy atom. The minimum absolute atomic E-state index is 0.103. The van der Waals surface area contributed by atoms with E-state index >= 15 is 0 Å². The van der Waals surface area contributed by atoms with Gasteiger partial charge in [0.1, 0.15) is 10.6 Å². The van der Waals surface area contributed by atoms with Gasteiger partial charge in [0.05, 0.1) is 11.5 Å². The average molecular weight is 498 g/mol. The summed E-state index contributed by atoms with van der Waals surface area (Å²) in [5.41, 5.74) is -0.104. The van der Waals surface area contributed by atoms with Gasteiger partial charge < -0.3 is 14.6 Å². The van der Waals surface area contributed by atoms with Gasteiger partial charge in [0.25, 0.3) is 10.1 Å². The van der Waals surface area contributed by atoms with Crippen LogP contribution in [0.15, 0.2) is 82.6 Å². The average Bonchev–Trinajstić information content (AvgIpc) is 2.78. The van der Waals surface area contributed by atoms with Crippen molar-refractivity contribution < 1.29 is 46.1 Å². The smallest absolute Gasteiger partial charge is 0.339 e. The predicted octanol–water partition coefficient (Wildman–Crippen LogP) is 0.167. The van der Waals surface area contributed by atoms with Gasteiger partial charge in [-0.25, -0.2) is 10.4 Å². The lowest BCUT2D eigenvalue weighted by atomic mass is 10.2. The lowest BCUT2D eigenvalue weighted by Gasteiger charge is -2.14. The molecule has 0 amide bonds. The van der Waals surface area contributed by atoms with E-state index in [2.05, 4.69) is 0 Å². The number of nitrogens with one attached hydrogen (secondary N) is 2. The third-order valence-corrected chi connectivity index (χ3v) is 6.85. The third-order valence-electron chi connectivity index (χ3n) is 4.32. The lowest BCUT2D eigenvalue weighted by molar-refractivity contribution is -0.991. The Kier molecular flexibility index (Phi) is 7.43. The van der Waals surface area contributed by atoms with Crippen LogP contribution in [0.5, 0.6) is 5.75 Å². The molecule has 0 aliphatic carbocycles. The first-order chi connectivity index (χ1) is 15.5. The van der Waals surface area contributed by atoms with E-state index in [0.717, 1.165) is 48.5 Å². The maximum absolute atomic E-state index is 12.6. The number of para-hydroxylation sites is 1. The van der Waals surface area contributed by atoms with E-state index in [1.165, 1.54) is 24.3 Å². The molecule has 0 aliphatic heterocycles. The summed E-state index contributed by atoms with van der Waals surface area (Å²) >= 11 is 0. The fourth-order valence-electron chi connectivity index (χ4n) is 2.61. The number of rotatable bonds is 9. The first-order valence-electron chi connectivity index (χ1n) is 9.08. The lowest BCUT2D eigenvalue weighted by Crippen LogP contribution is -2.99. The minimum Gasteiger partial charge on any atom is -0.595 e. The summed E-state index contributed by atoms with van der Waals surface area (Å²) in [5.74, 6) is -0.184. The molecule has 0 heterocycles. The normalized spacial score (nSPS) is 13.9. The fraction of sp³-hybridized carbons (Fsp3) is 0.0526. The van der Waals surface area contributed by atoms with Crippen LogP contribution in [0, 0.1) is 10.4 Å². The third kappa shape index (κ3) is 6.11. The second-order valence-electron chi connectivity index (χ2n) is 6.52. The zero-order chi connectivity index (χ0) is 24.2. The second-order valence-corrected chi connectivity index (χ2v) is 9.68. The Labute approximate surface area is 188 Å². The number of hydrogen-bond donors (Lipinski definition) is 4. The molecule has 0 fully saturated rings. The zero-order valence-electron chi connectivity index (χ0n) is 16.6. The van der Waals surface area contributed by atoms with Gasteiger partial charge in [-0.05, 0) is 30.3 Å². The summed E-state index contributed by atoms with van der Waals surface area (Å²) in [4.78, 5) is -0.577. The molecular weight excluding hydrogens is 480 g/mol. The van der Waals surface area contributed by atoms with Crippen LogP contribution in [0.25, 0.3) is 0 Å². The molecule has 14 heteroatoms. The molecule has 3 aromatic carbocycles. The van der Waals surface area contributed by atoms with E-state index in [4.69, 9.17) is 18.8 Å². The molecule has 33 heavy (non-hydrogen) atoms. The molecule has 0 saturated carbocycles. The second kappa shape index (κ2) is 9.92. The van der Waals surface area contributed by atoms with Crippen molar-refractivity contribution in [2.45, 2.75) is 16.4 Å². The SMILES string of the molecule is O=S(=O)(OCc1ccccc1OS(=O)(=O)c1ccc([NH+]([O-])O)cc1)c1ccc([NH+]([O-])O)cc1. The first-order valence-corrected chi connectivity index (χ1v) is 11.9. The van der Waals surface area contributed by atoms with Gasteiger partial charge >= 0.3 is 10.1 Å². The molecule has 0 aliphatic rings. The van der Waals surface area contributed by atoms with E-state index in [9.17, 15) is 27.3 Å². The first kappa shape index (κ1) is 24.7. The topological polar surface area (TPSA) is 182 Å². The van der Waals surface area contributed by atoms with Gasteiger partial charge in [-0.1, -0.05) is 18.2 Å². The Bertz CT molecular complexity index is 1310. The van der Waals surface area contributed by atoms with E-state index in [1.54, 1.807) is 0 Å². The minimum atomic E-state index is -4.35. The number of quaternary nitrogens is 2. The highest BCUT2D eigenvalue weighted by molar-refractivity contribution is 7.87. The van der Waals surface area contributed by atoms with Crippen LogP contribution in [0.3, 0.4) is 0 Å². The molecule has 3 rings (SSSR count). The monoisotopic (exact) mass is 498 g/mol. The van der Waals surface area contributed by atoms with Gasteiger partial charge in [0, 0.05) is 29.8 Å². The van der Waals surface area contributed by atoms with Crippen LogP contribution < -0.4 is 14.6 Å². The molecular formula is C19H18N2O10S2. The molecule has 0 spiro atoms. The van der Waals surface area contributed by atoms with Crippen molar-refractivity contribution >= 4 is 31.6 Å². The molecule has 0 bridgehead atoms. The van der Waals surface area contributed by atoms with Crippen molar-refractivity contribution in [3.8, 4) is 5.75 Å². The maximum atomic E-state index is 12.6. The summed E-state index contributed by atoms with van der Waals surface area (Å²) < 4.78 is 60.1. The van der Waals surface area contributed by atoms with E-state index < -0.39 is 37.3 Å². The van der Waals surface area contributed by atoms with Crippen molar-refractivity contribution in [2.75, 3.05) is 0 Å². The van der Waals surface area contributed by atoms with Crippen LogP contribution >= 0.6 is 0 Å². The van der Waals surface area contributed by atoms with E-state index in [0.29, 0.717) is 0 Å². The highest BCUT2D eigenvalue weighted by Gasteiger charge is 2.21. The van der Waals surface area contributed by atoms with Crippen LogP contribution in [-0.4, -0.2) is 27.3 Å². The van der Waals surface area contributed by atoms with Gasteiger partial charge in [-0.15, -0.1) is 0 Å². The molecule has 12 nitrogen and oxygen atoms in total. The largest absolute Gasteiger partial charge is 0.595 e. The van der Waals surface area contributed by atoms with Gasteiger partial charge in [0.2, 0.25) is 0 Å². The highest BCUT2D eigenvalue weighted by Crippen LogP contribution is 2.25. The number of benzene rings is 3. The number of hydrogen-bond acceptors (Lipinski definition) is 10. The van der Waals surface area contributed by atoms with Crippen molar-refractivity contribution in [3.05, 3.63) is 88.8 Å². The molecule has 176 valence electrons. The molecule has 0 aromatic heterocycles. The summed E-state index contributed by atoms with van der Waals surface area (Å²) in [6.07, 6.45) is 0. The fourth-order valence-corrected chi connectivity index (χ4v) is 4.46. The van der Waals surface area contributed by atoms with Gasteiger partial charge in [-0.2, -0.15) is 27.3 Å². The van der Waals surface area contributed by atoms with Crippen LogP contribution in [0.1, 0.15) is 5.56 Å². The van der Waals surface area contributed by atoms with Crippen LogP contribution in [-0.2, 0) is 31.0 Å². The Morgan fingerprint density at radius 3 is 1.64 bits per heavy atom. The quantitative estimate of drug-likeness (QED) is 0.234. The van der Waals surface area contributed by atoms with Crippen molar-refractivity contribution in [2.24, 2.45) is 0 Å². The molecule has 2 atom stereocenters. The molecule has 3 aromatic rings. The summed E-state index contributed by atoms with van der Waals surface area (Å²) in [6.45, 7) is -0.563. The standard InChI is InChI=1S/C19H18N2O10S2/c22-20(23)15-5-9-17(10-6-15)32(26,27)30-13-14-3-1-2-4-19(14)31-33(28,29)18-11-7-16(8-12-18)21(24)25/h1-12,20-22,24H,13H2. The Morgan fingerprint density at radius 2 is 1.15 bits per heavy atom. The molecule has 0 saturated heterocycles. The van der Waals surface area contributed by atoms with Gasteiger partial charge in [0.15, 0.2) is 11.4 Å². The Balaban J connectivity index is 1.77. The maximum Gasteiger partial charge on any atom is 0.339 e.